The summed E-state index contributed by atoms with van der Waals surface area (Å²) < 4.78 is 7.05. The number of carboxylic acids is 1. The van der Waals surface area contributed by atoms with E-state index in [1.807, 2.05) is 12.1 Å². The second-order valence-corrected chi connectivity index (χ2v) is 6.85. The van der Waals surface area contributed by atoms with Crippen LogP contribution in [-0.2, 0) is 9.59 Å². The van der Waals surface area contributed by atoms with Crippen molar-refractivity contribution in [1.29, 1.82) is 0 Å². The third-order valence-corrected chi connectivity index (χ3v) is 4.75. The zero-order valence-corrected chi connectivity index (χ0v) is 14.4. The third kappa shape index (κ3) is 3.97. The zero-order chi connectivity index (χ0) is 15.5. The number of rotatable bonds is 6. The fourth-order valence-corrected chi connectivity index (χ4v) is 3.29. The average Bonchev–Trinajstić information content (AvgIpc) is 2.36. The van der Waals surface area contributed by atoms with E-state index < -0.39 is 11.4 Å². The molecule has 0 unspecified atom stereocenters. The van der Waals surface area contributed by atoms with Gasteiger partial charge in [0, 0.05) is 11.0 Å². The summed E-state index contributed by atoms with van der Waals surface area (Å²) in [4.78, 5) is 22.9. The number of halogens is 2. The number of hydrogen-bond donors (Lipinski definition) is 2. The molecule has 0 aliphatic heterocycles. The van der Waals surface area contributed by atoms with Gasteiger partial charge in [0.15, 0.2) is 6.61 Å². The molecule has 7 heteroatoms. The smallest absolute Gasteiger partial charge is 0.311 e. The summed E-state index contributed by atoms with van der Waals surface area (Å²) in [6.45, 7) is 0.0158. The lowest BCUT2D eigenvalue weighted by Gasteiger charge is -2.37. The minimum Gasteiger partial charge on any atom is -0.483 e. The molecule has 0 spiro atoms. The van der Waals surface area contributed by atoms with Crippen LogP contribution in [-0.4, -0.2) is 30.1 Å². The highest BCUT2D eigenvalue weighted by Gasteiger charge is 2.44. The standard InChI is InChI=1S/C14H15Br2NO4/c15-9-2-3-11(10(16)6-9)21-7-12(18)17-8-14(13(19)20)4-1-5-14/h2-3,6H,1,4-5,7-8H2,(H,17,18)(H,19,20). The normalized spacial score (nSPS) is 15.9. The second kappa shape index (κ2) is 6.79. The van der Waals surface area contributed by atoms with Crippen LogP contribution in [0.3, 0.4) is 0 Å². The number of carbonyl (C=O) groups excluding carboxylic acids is 1. The van der Waals surface area contributed by atoms with Gasteiger partial charge in [0.25, 0.3) is 5.91 Å². The molecule has 1 aliphatic rings. The van der Waals surface area contributed by atoms with E-state index in [9.17, 15) is 14.7 Å². The molecule has 21 heavy (non-hydrogen) atoms. The van der Waals surface area contributed by atoms with Crippen molar-refractivity contribution >= 4 is 43.7 Å². The molecule has 1 saturated carbocycles. The molecule has 1 fully saturated rings. The van der Waals surface area contributed by atoms with Crippen LogP contribution in [0.4, 0.5) is 0 Å². The molecule has 1 aromatic rings. The first-order chi connectivity index (χ1) is 9.93. The fourth-order valence-electron chi connectivity index (χ4n) is 2.12. The summed E-state index contributed by atoms with van der Waals surface area (Å²) in [5.41, 5.74) is -0.784. The maximum absolute atomic E-state index is 11.8. The van der Waals surface area contributed by atoms with Gasteiger partial charge in [0.1, 0.15) is 5.75 Å². The quantitative estimate of drug-likeness (QED) is 0.741. The van der Waals surface area contributed by atoms with Crippen LogP contribution >= 0.6 is 31.9 Å². The Kier molecular flexibility index (Phi) is 5.27. The molecule has 1 aromatic carbocycles. The monoisotopic (exact) mass is 419 g/mol. The summed E-state index contributed by atoms with van der Waals surface area (Å²) in [7, 11) is 0. The van der Waals surface area contributed by atoms with Crippen molar-refractivity contribution in [2.45, 2.75) is 19.3 Å². The number of hydrogen-bond acceptors (Lipinski definition) is 3. The Labute approximate surface area is 139 Å². The molecule has 2 rings (SSSR count). The van der Waals surface area contributed by atoms with Gasteiger partial charge in [-0.15, -0.1) is 0 Å². The molecule has 0 bridgehead atoms. The van der Waals surface area contributed by atoms with Gasteiger partial charge in [-0.2, -0.15) is 0 Å². The van der Waals surface area contributed by atoms with Gasteiger partial charge in [0.05, 0.1) is 9.89 Å². The highest BCUT2D eigenvalue weighted by atomic mass is 79.9. The largest absolute Gasteiger partial charge is 0.483 e. The topological polar surface area (TPSA) is 75.6 Å². The number of benzene rings is 1. The Balaban J connectivity index is 1.81. The average molecular weight is 421 g/mol. The Morgan fingerprint density at radius 3 is 2.57 bits per heavy atom. The lowest BCUT2D eigenvalue weighted by Crippen LogP contribution is -2.48. The summed E-state index contributed by atoms with van der Waals surface area (Å²) in [5.74, 6) is -0.604. The van der Waals surface area contributed by atoms with E-state index in [1.165, 1.54) is 0 Å². The summed E-state index contributed by atoms with van der Waals surface area (Å²) in [6.07, 6.45) is 2.12. The van der Waals surface area contributed by atoms with Crippen LogP contribution in [0.25, 0.3) is 0 Å². The maximum atomic E-state index is 11.8. The van der Waals surface area contributed by atoms with Crippen molar-refractivity contribution in [3.8, 4) is 5.75 Å². The van der Waals surface area contributed by atoms with Crippen molar-refractivity contribution < 1.29 is 19.4 Å². The number of ether oxygens (including phenoxy) is 1. The van der Waals surface area contributed by atoms with E-state index in [-0.39, 0.29) is 19.1 Å². The highest BCUT2D eigenvalue weighted by molar-refractivity contribution is 9.11. The molecule has 0 saturated heterocycles. The maximum Gasteiger partial charge on any atom is 0.311 e. The van der Waals surface area contributed by atoms with Crippen molar-refractivity contribution in [3.63, 3.8) is 0 Å². The molecule has 0 atom stereocenters. The minimum atomic E-state index is -0.842. The summed E-state index contributed by atoms with van der Waals surface area (Å²) >= 11 is 6.67. The van der Waals surface area contributed by atoms with E-state index in [1.54, 1.807) is 6.07 Å². The van der Waals surface area contributed by atoms with E-state index in [2.05, 4.69) is 37.2 Å². The lowest BCUT2D eigenvalue weighted by molar-refractivity contribution is -0.154. The van der Waals surface area contributed by atoms with Gasteiger partial charge in [-0.05, 0) is 47.0 Å². The lowest BCUT2D eigenvalue weighted by atomic mass is 9.69. The number of aliphatic carboxylic acids is 1. The first kappa shape index (κ1) is 16.3. The third-order valence-electron chi connectivity index (χ3n) is 3.64. The van der Waals surface area contributed by atoms with Crippen LogP contribution in [0.2, 0.25) is 0 Å². The van der Waals surface area contributed by atoms with Crippen LogP contribution in [0.5, 0.6) is 5.75 Å². The predicted molar refractivity (Wildman–Crippen MR) is 84.3 cm³/mol. The highest BCUT2D eigenvalue weighted by Crippen LogP contribution is 2.40. The van der Waals surface area contributed by atoms with Gasteiger partial charge < -0.3 is 15.2 Å². The number of carboxylic acid groups (broad SMARTS) is 1. The fraction of sp³-hybridized carbons (Fsp3) is 0.429. The van der Waals surface area contributed by atoms with Crippen molar-refractivity contribution in [1.82, 2.24) is 5.32 Å². The molecule has 0 radical (unpaired) electrons. The Hall–Kier alpha value is -1.08. The van der Waals surface area contributed by atoms with Crippen LogP contribution in [0.1, 0.15) is 19.3 Å². The molecule has 5 nitrogen and oxygen atoms in total. The molecule has 0 heterocycles. The number of carbonyl (C=O) groups is 2. The van der Waals surface area contributed by atoms with Crippen molar-refractivity contribution in [3.05, 3.63) is 27.1 Å². The van der Waals surface area contributed by atoms with Crippen molar-refractivity contribution in [2.24, 2.45) is 5.41 Å². The molecule has 0 aromatic heterocycles. The Morgan fingerprint density at radius 2 is 2.05 bits per heavy atom. The minimum absolute atomic E-state index is 0.143. The van der Waals surface area contributed by atoms with Crippen LogP contribution in [0, 0.1) is 5.41 Å². The van der Waals surface area contributed by atoms with E-state index in [0.29, 0.717) is 18.6 Å². The molecule has 1 amide bonds. The van der Waals surface area contributed by atoms with Crippen LogP contribution < -0.4 is 10.1 Å². The molecular weight excluding hydrogens is 406 g/mol. The van der Waals surface area contributed by atoms with Gasteiger partial charge in [-0.1, -0.05) is 22.4 Å². The van der Waals surface area contributed by atoms with Crippen molar-refractivity contribution in [2.75, 3.05) is 13.2 Å². The van der Waals surface area contributed by atoms with Gasteiger partial charge in [-0.3, -0.25) is 9.59 Å². The molecule has 114 valence electrons. The first-order valence-electron chi connectivity index (χ1n) is 6.51. The first-order valence-corrected chi connectivity index (χ1v) is 8.09. The van der Waals surface area contributed by atoms with Gasteiger partial charge in [-0.25, -0.2) is 0 Å². The number of amides is 1. The molecule has 1 aliphatic carbocycles. The SMILES string of the molecule is O=C(COc1ccc(Br)cc1Br)NCC1(C(=O)O)CCC1. The summed E-state index contributed by atoms with van der Waals surface area (Å²) in [5, 5.41) is 11.8. The zero-order valence-electron chi connectivity index (χ0n) is 11.2. The molecular formula is C14H15Br2NO4. The van der Waals surface area contributed by atoms with E-state index >= 15 is 0 Å². The number of nitrogens with one attached hydrogen (secondary N) is 1. The van der Waals surface area contributed by atoms with Crippen LogP contribution in [0.15, 0.2) is 27.1 Å². The Morgan fingerprint density at radius 1 is 1.33 bits per heavy atom. The molecule has 2 N–H and O–H groups in total. The Bertz CT molecular complexity index is 558. The van der Waals surface area contributed by atoms with E-state index in [4.69, 9.17) is 4.74 Å². The summed E-state index contributed by atoms with van der Waals surface area (Å²) in [6, 6.07) is 5.37. The predicted octanol–water partition coefficient (Wildman–Crippen LogP) is 2.96. The second-order valence-electron chi connectivity index (χ2n) is 5.08. The van der Waals surface area contributed by atoms with Gasteiger partial charge in [0.2, 0.25) is 0 Å². The van der Waals surface area contributed by atoms with Gasteiger partial charge >= 0.3 is 5.97 Å². The van der Waals surface area contributed by atoms with E-state index in [0.717, 1.165) is 15.4 Å².